The molecule has 1 atom stereocenters. The number of carbonyl (C=O) groups excluding carboxylic acids is 4. The van der Waals surface area contributed by atoms with Crippen molar-refractivity contribution in [2.75, 3.05) is 11.4 Å². The molecule has 1 spiro atoms. The lowest BCUT2D eigenvalue weighted by Gasteiger charge is -2.24. The highest BCUT2D eigenvalue weighted by Crippen LogP contribution is 2.49. The van der Waals surface area contributed by atoms with E-state index >= 15 is 0 Å². The molecule has 2 heterocycles. The quantitative estimate of drug-likeness (QED) is 0.245. The third kappa shape index (κ3) is 5.00. The van der Waals surface area contributed by atoms with Gasteiger partial charge in [0.1, 0.15) is 23.6 Å². The Hall–Kier alpha value is -4.17. The average Bonchev–Trinajstić information content (AvgIpc) is 3.25. The summed E-state index contributed by atoms with van der Waals surface area (Å²) in [6.45, 7) is 4.77. The summed E-state index contributed by atoms with van der Waals surface area (Å²) < 4.78 is 11.2. The molecular formula is C30H27ClN2O6. The average molecular weight is 547 g/mol. The lowest BCUT2D eigenvalue weighted by molar-refractivity contribution is -0.154. The van der Waals surface area contributed by atoms with E-state index in [1.54, 1.807) is 57.2 Å². The molecule has 1 unspecified atom stereocenters. The zero-order chi connectivity index (χ0) is 27.9. The van der Waals surface area contributed by atoms with Crippen molar-refractivity contribution in [3.63, 3.8) is 0 Å². The molecule has 9 heteroatoms. The van der Waals surface area contributed by atoms with Crippen LogP contribution in [0.25, 0.3) is 0 Å². The number of anilines is 1. The molecule has 0 aromatic heterocycles. The fourth-order valence-electron chi connectivity index (χ4n) is 4.95. The SMILES string of the molecule is CC(C)(C)OC(=O)CN1C(=O)C2(CC(=O)N(Cc3ccc(Oc4ccccc4)cc3)C2=O)c2cc(Cl)ccc21. The largest absolute Gasteiger partial charge is 0.459 e. The van der Waals surface area contributed by atoms with Crippen LogP contribution in [-0.2, 0) is 35.9 Å². The van der Waals surface area contributed by atoms with Crippen LogP contribution in [0.5, 0.6) is 11.5 Å². The molecule has 0 aliphatic carbocycles. The van der Waals surface area contributed by atoms with E-state index in [1.165, 1.54) is 11.0 Å². The Bertz CT molecular complexity index is 1470. The minimum absolute atomic E-state index is 0.0136. The molecule has 0 N–H and O–H groups in total. The topological polar surface area (TPSA) is 93.2 Å². The zero-order valence-corrected chi connectivity index (χ0v) is 22.5. The molecule has 3 aromatic carbocycles. The predicted molar refractivity (Wildman–Crippen MR) is 144 cm³/mol. The standard InChI is InChI=1S/C30H27ClN2O6/c1-29(2,3)39-26(35)18-32-24-14-11-20(31)15-23(24)30(27(32)36)16-25(34)33(28(30)37)17-19-9-12-22(13-10-19)38-21-7-5-4-6-8-21/h4-15H,16-18H2,1-3H3. The normalized spacial score (nSPS) is 18.6. The van der Waals surface area contributed by atoms with Gasteiger partial charge in [0.25, 0.3) is 0 Å². The van der Waals surface area contributed by atoms with Crippen molar-refractivity contribution in [3.05, 3.63) is 88.9 Å². The van der Waals surface area contributed by atoms with Crippen LogP contribution < -0.4 is 9.64 Å². The maximum atomic E-state index is 13.9. The highest BCUT2D eigenvalue weighted by molar-refractivity contribution is 6.32. The van der Waals surface area contributed by atoms with E-state index in [1.807, 2.05) is 30.3 Å². The number of fused-ring (bicyclic) bond motifs is 2. The molecule has 0 radical (unpaired) electrons. The van der Waals surface area contributed by atoms with Gasteiger partial charge in [-0.1, -0.05) is 41.9 Å². The van der Waals surface area contributed by atoms with E-state index in [0.717, 1.165) is 4.90 Å². The van der Waals surface area contributed by atoms with Crippen molar-refractivity contribution < 1.29 is 28.7 Å². The predicted octanol–water partition coefficient (Wildman–Crippen LogP) is 5.02. The van der Waals surface area contributed by atoms with E-state index in [4.69, 9.17) is 21.1 Å². The first-order valence-corrected chi connectivity index (χ1v) is 12.9. The number of ether oxygens (including phenoxy) is 2. The van der Waals surface area contributed by atoms with Crippen molar-refractivity contribution in [1.29, 1.82) is 0 Å². The Morgan fingerprint density at radius 2 is 1.54 bits per heavy atom. The summed E-state index contributed by atoms with van der Waals surface area (Å²) in [6, 6.07) is 21.0. The summed E-state index contributed by atoms with van der Waals surface area (Å²) in [4.78, 5) is 55.8. The van der Waals surface area contributed by atoms with E-state index < -0.39 is 41.3 Å². The molecule has 3 amide bonds. The van der Waals surface area contributed by atoms with E-state index in [9.17, 15) is 19.2 Å². The third-order valence-electron chi connectivity index (χ3n) is 6.60. The van der Waals surface area contributed by atoms with E-state index in [2.05, 4.69) is 0 Å². The summed E-state index contributed by atoms with van der Waals surface area (Å²) in [6.07, 6.45) is -0.349. The first-order chi connectivity index (χ1) is 18.5. The fraction of sp³-hybridized carbons (Fsp3) is 0.267. The van der Waals surface area contributed by atoms with Crippen LogP contribution in [0, 0.1) is 0 Å². The van der Waals surface area contributed by atoms with Crippen LogP contribution in [0.1, 0.15) is 38.3 Å². The monoisotopic (exact) mass is 546 g/mol. The molecule has 0 bridgehead atoms. The van der Waals surface area contributed by atoms with Crippen molar-refractivity contribution in [1.82, 2.24) is 4.90 Å². The number of hydrogen-bond donors (Lipinski definition) is 0. The van der Waals surface area contributed by atoms with Crippen LogP contribution in [-0.4, -0.2) is 40.7 Å². The number of para-hydroxylation sites is 1. The van der Waals surface area contributed by atoms with Gasteiger partial charge in [-0.3, -0.25) is 29.0 Å². The smallest absolute Gasteiger partial charge is 0.326 e. The van der Waals surface area contributed by atoms with Crippen LogP contribution in [0.2, 0.25) is 5.02 Å². The molecular weight excluding hydrogens is 520 g/mol. The number of nitrogens with zero attached hydrogens (tertiary/aromatic N) is 2. The highest BCUT2D eigenvalue weighted by atomic mass is 35.5. The molecule has 0 saturated carbocycles. The van der Waals surface area contributed by atoms with Crippen LogP contribution in [0.15, 0.2) is 72.8 Å². The van der Waals surface area contributed by atoms with Gasteiger partial charge in [0, 0.05) is 16.3 Å². The first-order valence-electron chi connectivity index (χ1n) is 12.5. The van der Waals surface area contributed by atoms with Gasteiger partial charge >= 0.3 is 5.97 Å². The zero-order valence-electron chi connectivity index (χ0n) is 21.8. The van der Waals surface area contributed by atoms with Crippen LogP contribution >= 0.6 is 11.6 Å². The molecule has 2 aliphatic heterocycles. The maximum absolute atomic E-state index is 13.9. The van der Waals surface area contributed by atoms with E-state index in [-0.39, 0.29) is 13.0 Å². The maximum Gasteiger partial charge on any atom is 0.326 e. The summed E-state index contributed by atoms with van der Waals surface area (Å²) >= 11 is 6.25. The second-order valence-electron chi connectivity index (χ2n) is 10.6. The molecule has 1 saturated heterocycles. The number of esters is 1. The number of halogens is 1. The minimum atomic E-state index is -1.78. The van der Waals surface area contributed by atoms with Crippen molar-refractivity contribution in [3.8, 4) is 11.5 Å². The number of likely N-dealkylation sites (tertiary alicyclic amines) is 1. The van der Waals surface area contributed by atoms with Gasteiger partial charge < -0.3 is 9.47 Å². The van der Waals surface area contributed by atoms with Gasteiger partial charge in [-0.2, -0.15) is 0 Å². The Kier molecular flexibility index (Phi) is 6.68. The van der Waals surface area contributed by atoms with Gasteiger partial charge in [-0.05, 0) is 68.8 Å². The Labute approximate surface area is 231 Å². The third-order valence-corrected chi connectivity index (χ3v) is 6.83. The van der Waals surface area contributed by atoms with Gasteiger partial charge in [-0.25, -0.2) is 0 Å². The Morgan fingerprint density at radius 1 is 0.897 bits per heavy atom. The Balaban J connectivity index is 1.40. The van der Waals surface area contributed by atoms with Crippen molar-refractivity contribution in [2.45, 2.75) is 44.8 Å². The number of carbonyl (C=O) groups is 4. The number of benzene rings is 3. The molecule has 8 nitrogen and oxygen atoms in total. The van der Waals surface area contributed by atoms with Gasteiger partial charge in [-0.15, -0.1) is 0 Å². The number of imide groups is 1. The van der Waals surface area contributed by atoms with Gasteiger partial charge in [0.15, 0.2) is 5.41 Å². The second kappa shape index (κ2) is 9.85. The lowest BCUT2D eigenvalue weighted by Crippen LogP contribution is -2.48. The van der Waals surface area contributed by atoms with Crippen LogP contribution in [0.4, 0.5) is 5.69 Å². The minimum Gasteiger partial charge on any atom is -0.459 e. The summed E-state index contributed by atoms with van der Waals surface area (Å²) in [5, 5.41) is 0.313. The molecule has 3 aromatic rings. The summed E-state index contributed by atoms with van der Waals surface area (Å²) in [5.74, 6) is -1.10. The van der Waals surface area contributed by atoms with Crippen LogP contribution in [0.3, 0.4) is 0 Å². The second-order valence-corrected chi connectivity index (χ2v) is 11.0. The molecule has 200 valence electrons. The number of rotatable bonds is 6. The van der Waals surface area contributed by atoms with Crippen molar-refractivity contribution >= 4 is 41.0 Å². The Morgan fingerprint density at radius 3 is 2.21 bits per heavy atom. The first kappa shape index (κ1) is 26.4. The summed E-state index contributed by atoms with van der Waals surface area (Å²) in [5.41, 5.74) is -1.17. The van der Waals surface area contributed by atoms with Gasteiger partial charge in [0.05, 0.1) is 13.0 Å². The molecule has 5 rings (SSSR count). The van der Waals surface area contributed by atoms with E-state index in [0.29, 0.717) is 33.3 Å². The van der Waals surface area contributed by atoms with Gasteiger partial charge in [0.2, 0.25) is 17.7 Å². The summed E-state index contributed by atoms with van der Waals surface area (Å²) in [7, 11) is 0. The number of hydrogen-bond acceptors (Lipinski definition) is 6. The number of amides is 3. The molecule has 2 aliphatic rings. The van der Waals surface area contributed by atoms with Crippen molar-refractivity contribution in [2.24, 2.45) is 0 Å². The highest BCUT2D eigenvalue weighted by Gasteiger charge is 2.64. The molecule has 1 fully saturated rings. The fourth-order valence-corrected chi connectivity index (χ4v) is 5.12. The molecule has 39 heavy (non-hydrogen) atoms. The lowest BCUT2D eigenvalue weighted by atomic mass is 9.80.